The normalized spacial score (nSPS) is 15.9. The first-order valence-electron chi connectivity index (χ1n) is 10.2. The summed E-state index contributed by atoms with van der Waals surface area (Å²) in [5, 5.41) is 9.61. The van der Waals surface area contributed by atoms with Crippen molar-refractivity contribution in [2.45, 2.75) is 45.9 Å². The van der Waals surface area contributed by atoms with Crippen LogP contribution in [0.15, 0.2) is 53.5 Å². The number of guanidine groups is 1. The van der Waals surface area contributed by atoms with Crippen molar-refractivity contribution >= 4 is 41.5 Å². The quantitative estimate of drug-likeness (QED) is 0.292. The van der Waals surface area contributed by atoms with Gasteiger partial charge in [-0.25, -0.2) is 4.99 Å². The van der Waals surface area contributed by atoms with E-state index >= 15 is 0 Å². The van der Waals surface area contributed by atoms with Gasteiger partial charge in [0.15, 0.2) is 5.96 Å². The molecule has 6 nitrogen and oxygen atoms in total. The van der Waals surface area contributed by atoms with Crippen LogP contribution >= 0.6 is 24.0 Å². The maximum Gasteiger partial charge on any atom is 0.253 e. The second-order valence-electron chi connectivity index (χ2n) is 7.17. The number of ether oxygens (including phenoxy) is 1. The Morgan fingerprint density at radius 2 is 2.00 bits per heavy atom. The lowest BCUT2D eigenvalue weighted by Crippen LogP contribution is -2.36. The van der Waals surface area contributed by atoms with Gasteiger partial charge in [0, 0.05) is 25.4 Å². The van der Waals surface area contributed by atoms with E-state index in [-0.39, 0.29) is 36.0 Å². The SMILES string of the molecule is CCNC(=NCc1cccc(NC(=O)C2CCCO2)c1)NCc1ccccc1C.I. The fraction of sp³-hybridized carbons (Fsp3) is 0.391. The van der Waals surface area contributed by atoms with Crippen LogP contribution in [-0.4, -0.2) is 31.1 Å². The molecule has 1 fully saturated rings. The average molecular weight is 522 g/mol. The summed E-state index contributed by atoms with van der Waals surface area (Å²) in [5.41, 5.74) is 4.31. The highest BCUT2D eigenvalue weighted by Gasteiger charge is 2.23. The molecule has 3 rings (SSSR count). The van der Waals surface area contributed by atoms with Crippen molar-refractivity contribution in [3.05, 3.63) is 65.2 Å². The summed E-state index contributed by atoms with van der Waals surface area (Å²) in [6.07, 6.45) is 1.40. The molecule has 0 aromatic heterocycles. The lowest BCUT2D eigenvalue weighted by Gasteiger charge is -2.13. The molecular weight excluding hydrogens is 491 g/mol. The van der Waals surface area contributed by atoms with Gasteiger partial charge in [-0.3, -0.25) is 4.79 Å². The highest BCUT2D eigenvalue weighted by atomic mass is 127. The van der Waals surface area contributed by atoms with Crippen LogP contribution in [0.25, 0.3) is 0 Å². The van der Waals surface area contributed by atoms with Crippen molar-refractivity contribution in [3.8, 4) is 0 Å². The monoisotopic (exact) mass is 522 g/mol. The molecule has 1 amide bonds. The van der Waals surface area contributed by atoms with E-state index in [0.29, 0.717) is 13.2 Å². The molecule has 1 saturated heterocycles. The topological polar surface area (TPSA) is 74.8 Å². The van der Waals surface area contributed by atoms with Crippen molar-refractivity contribution in [2.75, 3.05) is 18.5 Å². The van der Waals surface area contributed by atoms with E-state index in [0.717, 1.165) is 43.1 Å². The Morgan fingerprint density at radius 3 is 2.73 bits per heavy atom. The van der Waals surface area contributed by atoms with Gasteiger partial charge >= 0.3 is 0 Å². The number of aryl methyl sites for hydroxylation is 1. The minimum absolute atomic E-state index is 0. The third-order valence-electron chi connectivity index (χ3n) is 4.89. The average Bonchev–Trinajstić information content (AvgIpc) is 3.26. The number of amides is 1. The Labute approximate surface area is 195 Å². The molecule has 1 atom stereocenters. The summed E-state index contributed by atoms with van der Waals surface area (Å²) in [6, 6.07) is 16.1. The third kappa shape index (κ3) is 7.28. The summed E-state index contributed by atoms with van der Waals surface area (Å²) in [6.45, 7) is 6.85. The molecule has 0 radical (unpaired) electrons. The van der Waals surface area contributed by atoms with E-state index < -0.39 is 0 Å². The summed E-state index contributed by atoms with van der Waals surface area (Å²) >= 11 is 0. The Hall–Kier alpha value is -2.13. The number of nitrogens with one attached hydrogen (secondary N) is 3. The van der Waals surface area contributed by atoms with Crippen LogP contribution in [-0.2, 0) is 22.6 Å². The van der Waals surface area contributed by atoms with Crippen LogP contribution in [0.3, 0.4) is 0 Å². The molecule has 162 valence electrons. The van der Waals surface area contributed by atoms with Crippen LogP contribution in [0.1, 0.15) is 36.5 Å². The van der Waals surface area contributed by atoms with Gasteiger partial charge in [-0.2, -0.15) is 0 Å². The van der Waals surface area contributed by atoms with E-state index in [9.17, 15) is 4.79 Å². The molecule has 3 N–H and O–H groups in total. The van der Waals surface area contributed by atoms with Gasteiger partial charge in [-0.1, -0.05) is 36.4 Å². The summed E-state index contributed by atoms with van der Waals surface area (Å²) in [4.78, 5) is 16.9. The number of aliphatic imine (C=N–C) groups is 1. The fourth-order valence-corrected chi connectivity index (χ4v) is 3.25. The number of benzene rings is 2. The Bertz CT molecular complexity index is 851. The Morgan fingerprint density at radius 1 is 1.17 bits per heavy atom. The van der Waals surface area contributed by atoms with Crippen molar-refractivity contribution in [2.24, 2.45) is 4.99 Å². The lowest BCUT2D eigenvalue weighted by molar-refractivity contribution is -0.124. The van der Waals surface area contributed by atoms with Gasteiger partial charge < -0.3 is 20.7 Å². The standard InChI is InChI=1S/C23H30N4O2.HI/c1-3-24-23(26-16-19-10-5-4-8-17(19)2)25-15-18-9-6-11-20(14-18)27-22(28)21-12-7-13-29-21;/h4-6,8-11,14,21H,3,7,12-13,15-16H2,1-2H3,(H,27,28)(H2,24,25,26);1H. The number of nitrogens with zero attached hydrogens (tertiary/aromatic N) is 1. The molecule has 0 bridgehead atoms. The number of carbonyl (C=O) groups excluding carboxylic acids is 1. The molecule has 0 spiro atoms. The zero-order valence-corrected chi connectivity index (χ0v) is 19.9. The molecule has 30 heavy (non-hydrogen) atoms. The Balaban J connectivity index is 0.00000320. The number of hydrogen-bond acceptors (Lipinski definition) is 3. The van der Waals surface area contributed by atoms with Gasteiger partial charge in [-0.05, 0) is 55.5 Å². The molecule has 2 aromatic rings. The zero-order chi connectivity index (χ0) is 20.5. The van der Waals surface area contributed by atoms with Crippen LogP contribution in [0.2, 0.25) is 0 Å². The number of anilines is 1. The van der Waals surface area contributed by atoms with E-state index in [1.165, 1.54) is 11.1 Å². The van der Waals surface area contributed by atoms with E-state index in [4.69, 9.17) is 4.74 Å². The van der Waals surface area contributed by atoms with E-state index in [1.54, 1.807) is 0 Å². The first-order chi connectivity index (χ1) is 14.2. The molecule has 7 heteroatoms. The number of carbonyl (C=O) groups is 1. The van der Waals surface area contributed by atoms with Crippen molar-refractivity contribution in [1.82, 2.24) is 10.6 Å². The molecular formula is C23H31IN4O2. The van der Waals surface area contributed by atoms with Crippen LogP contribution in [0, 0.1) is 6.92 Å². The first kappa shape index (κ1) is 24.1. The Kier molecular flexibility index (Phi) is 10.1. The molecule has 1 aliphatic rings. The molecule has 0 saturated carbocycles. The molecule has 1 heterocycles. The third-order valence-corrected chi connectivity index (χ3v) is 4.89. The fourth-order valence-electron chi connectivity index (χ4n) is 3.25. The molecule has 2 aromatic carbocycles. The summed E-state index contributed by atoms with van der Waals surface area (Å²) < 4.78 is 5.44. The largest absolute Gasteiger partial charge is 0.368 e. The zero-order valence-electron chi connectivity index (χ0n) is 17.6. The minimum atomic E-state index is -0.331. The smallest absolute Gasteiger partial charge is 0.253 e. The molecule has 1 aliphatic heterocycles. The van der Waals surface area contributed by atoms with Gasteiger partial charge in [0.2, 0.25) is 0 Å². The van der Waals surface area contributed by atoms with Gasteiger partial charge in [0.05, 0.1) is 6.54 Å². The van der Waals surface area contributed by atoms with Crippen LogP contribution in [0.4, 0.5) is 5.69 Å². The van der Waals surface area contributed by atoms with Crippen molar-refractivity contribution in [3.63, 3.8) is 0 Å². The summed E-state index contributed by atoms with van der Waals surface area (Å²) in [5.74, 6) is 0.695. The maximum atomic E-state index is 12.2. The van der Waals surface area contributed by atoms with Gasteiger partial charge in [0.25, 0.3) is 5.91 Å². The van der Waals surface area contributed by atoms with Crippen molar-refractivity contribution in [1.29, 1.82) is 0 Å². The predicted octanol–water partition coefficient (Wildman–Crippen LogP) is 3.99. The minimum Gasteiger partial charge on any atom is -0.368 e. The van der Waals surface area contributed by atoms with E-state index in [2.05, 4.69) is 40.0 Å². The van der Waals surface area contributed by atoms with E-state index in [1.807, 2.05) is 43.3 Å². The highest BCUT2D eigenvalue weighted by molar-refractivity contribution is 14.0. The highest BCUT2D eigenvalue weighted by Crippen LogP contribution is 2.16. The predicted molar refractivity (Wildman–Crippen MR) is 132 cm³/mol. The number of rotatable bonds is 7. The van der Waals surface area contributed by atoms with Crippen LogP contribution < -0.4 is 16.0 Å². The van der Waals surface area contributed by atoms with Crippen molar-refractivity contribution < 1.29 is 9.53 Å². The second-order valence-corrected chi connectivity index (χ2v) is 7.17. The first-order valence-corrected chi connectivity index (χ1v) is 10.2. The summed E-state index contributed by atoms with van der Waals surface area (Å²) in [7, 11) is 0. The number of halogens is 1. The maximum absolute atomic E-state index is 12.2. The molecule has 0 aliphatic carbocycles. The van der Waals surface area contributed by atoms with Gasteiger partial charge in [0.1, 0.15) is 6.10 Å². The number of hydrogen-bond donors (Lipinski definition) is 3. The second kappa shape index (κ2) is 12.5. The lowest BCUT2D eigenvalue weighted by atomic mass is 10.1. The molecule has 1 unspecified atom stereocenters. The van der Waals surface area contributed by atoms with Gasteiger partial charge in [-0.15, -0.1) is 24.0 Å². The van der Waals surface area contributed by atoms with Crippen LogP contribution in [0.5, 0.6) is 0 Å².